The summed E-state index contributed by atoms with van der Waals surface area (Å²) in [5.41, 5.74) is 5.43. The van der Waals surface area contributed by atoms with Crippen molar-refractivity contribution in [2.24, 2.45) is 5.73 Å². The fourth-order valence-corrected chi connectivity index (χ4v) is 3.01. The zero-order valence-corrected chi connectivity index (χ0v) is 10.4. The lowest BCUT2D eigenvalue weighted by molar-refractivity contribution is -0.787. The number of urea groups is 1. The van der Waals surface area contributed by atoms with Crippen molar-refractivity contribution in [3.8, 4) is 0 Å². The van der Waals surface area contributed by atoms with E-state index in [2.05, 4.69) is 0 Å². The van der Waals surface area contributed by atoms with Crippen LogP contribution in [-0.2, 0) is 4.74 Å². The summed E-state index contributed by atoms with van der Waals surface area (Å²) in [6, 6.07) is -0.626. The van der Waals surface area contributed by atoms with Gasteiger partial charge in [0, 0.05) is 12.8 Å². The number of hydrogen-bond acceptors (Lipinski definition) is 3. The van der Waals surface area contributed by atoms with Crippen molar-refractivity contribution in [1.29, 1.82) is 0 Å². The van der Waals surface area contributed by atoms with E-state index in [0.717, 1.165) is 38.5 Å². The first-order valence-corrected chi connectivity index (χ1v) is 6.46. The average Bonchev–Trinajstić information content (AvgIpc) is 2.87. The number of rotatable bonds is 1. The Morgan fingerprint density at radius 3 is 2.29 bits per heavy atom. The van der Waals surface area contributed by atoms with E-state index in [1.165, 1.54) is 0 Å². The number of quaternary nitrogens is 1. The van der Waals surface area contributed by atoms with Gasteiger partial charge in [-0.25, -0.2) is 4.79 Å². The maximum Gasteiger partial charge on any atom is 0.525 e. The molecule has 5 nitrogen and oxygen atoms in total. The highest BCUT2D eigenvalue weighted by Crippen LogP contribution is 2.30. The van der Waals surface area contributed by atoms with Gasteiger partial charge >= 0.3 is 12.1 Å². The third-order valence-electron chi connectivity index (χ3n) is 4.17. The van der Waals surface area contributed by atoms with Crippen molar-refractivity contribution < 1.29 is 18.8 Å². The molecule has 0 radical (unpaired) electrons. The second-order valence-corrected chi connectivity index (χ2v) is 5.21. The smallest absolute Gasteiger partial charge is 0.416 e. The van der Waals surface area contributed by atoms with E-state index in [-0.39, 0.29) is 16.6 Å². The van der Waals surface area contributed by atoms with Crippen LogP contribution in [0.25, 0.3) is 0 Å². The van der Waals surface area contributed by atoms with Crippen molar-refractivity contribution in [3.63, 3.8) is 0 Å². The van der Waals surface area contributed by atoms with Crippen LogP contribution >= 0.6 is 0 Å². The molecule has 2 rings (SSSR count). The van der Waals surface area contributed by atoms with Gasteiger partial charge in [-0.1, -0.05) is 0 Å². The average molecular weight is 241 g/mol. The Morgan fingerprint density at radius 1 is 1.18 bits per heavy atom. The van der Waals surface area contributed by atoms with Gasteiger partial charge in [0.25, 0.3) is 0 Å². The van der Waals surface area contributed by atoms with Crippen LogP contribution in [0.15, 0.2) is 0 Å². The molecule has 96 valence electrons. The molecule has 2 aliphatic rings. The standard InChI is InChI=1S/C12H20N2O3/c1-9-5-4-8-14(9,11(13)15)12(16)17-10-6-2-3-7-10/h9-10H,2-8H2,1H3,(H-,13,15)/p+1/t9-,14?/m1/s1. The summed E-state index contributed by atoms with van der Waals surface area (Å²) in [4.78, 5) is 23.9. The SMILES string of the molecule is C[C@@H]1CCC[N+]1(C(N)=O)C(=O)OC1CCCC1. The molecule has 1 aliphatic carbocycles. The van der Waals surface area contributed by atoms with Crippen molar-refractivity contribution >= 4 is 12.1 Å². The van der Waals surface area contributed by atoms with Gasteiger partial charge < -0.3 is 10.5 Å². The molecule has 1 heterocycles. The fraction of sp³-hybridized carbons (Fsp3) is 0.833. The normalized spacial score (nSPS) is 33.8. The van der Waals surface area contributed by atoms with Crippen LogP contribution in [0.1, 0.15) is 45.4 Å². The van der Waals surface area contributed by atoms with E-state index in [1.54, 1.807) is 0 Å². The minimum Gasteiger partial charge on any atom is -0.416 e. The predicted octanol–water partition coefficient (Wildman–Crippen LogP) is 2.14. The molecule has 3 amide bonds. The van der Waals surface area contributed by atoms with E-state index in [0.29, 0.717) is 6.54 Å². The lowest BCUT2D eigenvalue weighted by Crippen LogP contribution is -2.61. The van der Waals surface area contributed by atoms with Gasteiger partial charge in [-0.3, -0.25) is 0 Å². The van der Waals surface area contributed by atoms with Crippen LogP contribution in [0.4, 0.5) is 9.59 Å². The Hall–Kier alpha value is -1.10. The largest absolute Gasteiger partial charge is 0.525 e. The first kappa shape index (κ1) is 12.4. The second kappa shape index (κ2) is 4.64. The van der Waals surface area contributed by atoms with Gasteiger partial charge in [-0.05, 0) is 32.6 Å². The third-order valence-corrected chi connectivity index (χ3v) is 4.17. The maximum atomic E-state index is 12.2. The van der Waals surface area contributed by atoms with Gasteiger partial charge in [-0.2, -0.15) is 4.79 Å². The molecular formula is C12H21N2O3+. The molecule has 0 bridgehead atoms. The topological polar surface area (TPSA) is 69.4 Å². The molecule has 17 heavy (non-hydrogen) atoms. The van der Waals surface area contributed by atoms with Crippen LogP contribution in [0.3, 0.4) is 0 Å². The molecule has 1 saturated carbocycles. The number of ether oxygens (including phenoxy) is 1. The molecule has 1 aliphatic heterocycles. The minimum atomic E-state index is -0.571. The van der Waals surface area contributed by atoms with Crippen molar-refractivity contribution in [2.75, 3.05) is 6.54 Å². The van der Waals surface area contributed by atoms with Crippen molar-refractivity contribution in [3.05, 3.63) is 0 Å². The number of amides is 3. The van der Waals surface area contributed by atoms with Crippen molar-refractivity contribution in [1.82, 2.24) is 0 Å². The molecule has 0 aromatic rings. The molecule has 1 unspecified atom stereocenters. The van der Waals surface area contributed by atoms with E-state index in [9.17, 15) is 9.59 Å². The summed E-state index contributed by atoms with van der Waals surface area (Å²) in [5.74, 6) is 0. The Bertz CT molecular complexity index is 326. The van der Waals surface area contributed by atoms with Gasteiger partial charge in [0.1, 0.15) is 12.1 Å². The number of nitrogens with zero attached hydrogens (tertiary/aromatic N) is 1. The Balaban J connectivity index is 2.10. The number of nitrogens with two attached hydrogens (primary N) is 1. The Labute approximate surface area is 101 Å². The summed E-state index contributed by atoms with van der Waals surface area (Å²) in [7, 11) is 0. The summed E-state index contributed by atoms with van der Waals surface area (Å²) in [5, 5.41) is 0. The fourth-order valence-electron chi connectivity index (χ4n) is 3.01. The molecule has 1 saturated heterocycles. The van der Waals surface area contributed by atoms with Crippen LogP contribution < -0.4 is 5.73 Å². The van der Waals surface area contributed by atoms with Crippen LogP contribution in [-0.4, -0.2) is 35.3 Å². The van der Waals surface area contributed by atoms with Gasteiger partial charge in [0.2, 0.25) is 0 Å². The summed E-state index contributed by atoms with van der Waals surface area (Å²) >= 11 is 0. The molecule has 0 aromatic heterocycles. The van der Waals surface area contributed by atoms with Gasteiger partial charge in [0.15, 0.2) is 0 Å². The Morgan fingerprint density at radius 2 is 1.82 bits per heavy atom. The number of primary amides is 1. The molecule has 0 spiro atoms. The zero-order valence-electron chi connectivity index (χ0n) is 10.4. The van der Waals surface area contributed by atoms with Gasteiger partial charge in [-0.15, -0.1) is 4.48 Å². The van der Waals surface area contributed by atoms with Crippen molar-refractivity contribution in [2.45, 2.75) is 57.6 Å². The van der Waals surface area contributed by atoms with Crippen LogP contribution in [0.5, 0.6) is 0 Å². The van der Waals surface area contributed by atoms with E-state index in [4.69, 9.17) is 10.5 Å². The summed E-state index contributed by atoms with van der Waals surface area (Å²) in [6.45, 7) is 2.38. The minimum absolute atomic E-state index is 0.00958. The zero-order chi connectivity index (χ0) is 12.5. The van der Waals surface area contributed by atoms with E-state index in [1.807, 2.05) is 6.92 Å². The highest BCUT2D eigenvalue weighted by molar-refractivity contribution is 5.79. The molecule has 2 fully saturated rings. The first-order valence-electron chi connectivity index (χ1n) is 6.46. The quantitative estimate of drug-likeness (QED) is 0.715. The summed E-state index contributed by atoms with van der Waals surface area (Å²) in [6.07, 6.45) is 5.29. The highest BCUT2D eigenvalue weighted by atomic mass is 16.6. The predicted molar refractivity (Wildman–Crippen MR) is 62.1 cm³/mol. The second-order valence-electron chi connectivity index (χ2n) is 5.21. The number of likely N-dealkylation sites (tertiary alicyclic amines) is 1. The van der Waals surface area contributed by atoms with E-state index >= 15 is 0 Å². The Kier molecular flexibility index (Phi) is 3.38. The van der Waals surface area contributed by atoms with Gasteiger partial charge in [0.05, 0.1) is 6.54 Å². The molecule has 2 N–H and O–H groups in total. The third kappa shape index (κ3) is 2.04. The highest BCUT2D eigenvalue weighted by Gasteiger charge is 2.53. The van der Waals surface area contributed by atoms with Crippen LogP contribution in [0.2, 0.25) is 0 Å². The van der Waals surface area contributed by atoms with E-state index < -0.39 is 12.1 Å². The number of hydrogen-bond donors (Lipinski definition) is 1. The number of imide groups is 1. The molecule has 0 aromatic carbocycles. The first-order chi connectivity index (χ1) is 8.07. The number of carbonyl (C=O) groups excluding carboxylic acids is 2. The lowest BCUT2D eigenvalue weighted by Gasteiger charge is -2.30. The van der Waals surface area contributed by atoms with Crippen LogP contribution in [0, 0.1) is 0 Å². The molecular weight excluding hydrogens is 220 g/mol. The molecule has 5 heteroatoms. The number of carbonyl (C=O) groups is 2. The lowest BCUT2D eigenvalue weighted by atomic mass is 10.2. The maximum absolute atomic E-state index is 12.2. The summed E-state index contributed by atoms with van der Waals surface area (Å²) < 4.78 is 5.15. The monoisotopic (exact) mass is 241 g/mol. The molecule has 2 atom stereocenters.